The lowest BCUT2D eigenvalue weighted by Gasteiger charge is -2.36. The van der Waals surface area contributed by atoms with Crippen LogP contribution >= 0.6 is 11.6 Å². The Bertz CT molecular complexity index is 1510. The average molecular weight is 518 g/mol. The van der Waals surface area contributed by atoms with Crippen LogP contribution in [0.3, 0.4) is 0 Å². The maximum absolute atomic E-state index is 13.5. The predicted octanol–water partition coefficient (Wildman–Crippen LogP) is 4.64. The number of anilines is 1. The van der Waals surface area contributed by atoms with Gasteiger partial charge in [-0.05, 0) is 42.0 Å². The van der Waals surface area contributed by atoms with Gasteiger partial charge in [-0.1, -0.05) is 54.1 Å². The molecule has 7 nitrogen and oxygen atoms in total. The highest BCUT2D eigenvalue weighted by Gasteiger charge is 2.35. The Morgan fingerprint density at radius 1 is 0.861 bits per heavy atom. The Kier molecular flexibility index (Phi) is 6.88. The van der Waals surface area contributed by atoms with Crippen LogP contribution in [0.5, 0.6) is 0 Å². The van der Waals surface area contributed by atoms with Gasteiger partial charge in [0.2, 0.25) is 9.84 Å². The molecule has 0 bridgehead atoms. The first kappa shape index (κ1) is 24.2. The fraction of sp³-hybridized carbons (Fsp3) is 0.222. The summed E-state index contributed by atoms with van der Waals surface area (Å²) in [4.78, 5) is 13.9. The first-order chi connectivity index (χ1) is 17.5. The van der Waals surface area contributed by atoms with E-state index in [1.54, 1.807) is 6.07 Å². The Hall–Kier alpha value is -3.51. The Morgan fingerprint density at radius 2 is 1.47 bits per heavy atom. The van der Waals surface area contributed by atoms with E-state index in [9.17, 15) is 13.7 Å². The van der Waals surface area contributed by atoms with Crippen molar-refractivity contribution in [1.29, 1.82) is 5.26 Å². The predicted molar refractivity (Wildman–Crippen MR) is 140 cm³/mol. The van der Waals surface area contributed by atoms with Gasteiger partial charge in [0.1, 0.15) is 5.69 Å². The second kappa shape index (κ2) is 10.2. The highest BCUT2D eigenvalue weighted by Crippen LogP contribution is 2.34. The van der Waals surface area contributed by atoms with E-state index in [0.717, 1.165) is 19.6 Å². The standard InChI is InChI=1S/C27H24ClN5O2S/c28-21-10-12-22(13-11-21)36(34,35)25(18-29)26-27(31-24-9-5-4-8-23(24)30-26)33-16-14-32(15-17-33)19-20-6-2-1-3-7-20/h1-13,25H,14-17,19H2/t25-/m1/s1. The molecule has 1 atom stereocenters. The van der Waals surface area contributed by atoms with E-state index in [4.69, 9.17) is 16.6 Å². The zero-order chi connectivity index (χ0) is 25.1. The Morgan fingerprint density at radius 3 is 2.11 bits per heavy atom. The quantitative estimate of drug-likeness (QED) is 0.368. The largest absolute Gasteiger partial charge is 0.352 e. The van der Waals surface area contributed by atoms with Gasteiger partial charge in [-0.2, -0.15) is 5.26 Å². The molecule has 4 aromatic rings. The molecule has 182 valence electrons. The summed E-state index contributed by atoms with van der Waals surface area (Å²) in [6.07, 6.45) is 0. The molecule has 0 N–H and O–H groups in total. The van der Waals surface area contributed by atoms with E-state index in [0.29, 0.717) is 35.0 Å². The number of benzene rings is 3. The van der Waals surface area contributed by atoms with Crippen LogP contribution in [0.4, 0.5) is 5.82 Å². The van der Waals surface area contributed by atoms with Crippen LogP contribution in [0, 0.1) is 11.3 Å². The van der Waals surface area contributed by atoms with Crippen LogP contribution in [0.1, 0.15) is 16.5 Å². The molecule has 1 aromatic heterocycles. The molecule has 0 spiro atoms. The van der Waals surface area contributed by atoms with E-state index in [-0.39, 0.29) is 10.6 Å². The van der Waals surface area contributed by atoms with Crippen LogP contribution in [0.15, 0.2) is 83.8 Å². The zero-order valence-corrected chi connectivity index (χ0v) is 21.0. The molecule has 1 fully saturated rings. The van der Waals surface area contributed by atoms with E-state index >= 15 is 0 Å². The van der Waals surface area contributed by atoms with E-state index < -0.39 is 15.1 Å². The summed E-state index contributed by atoms with van der Waals surface area (Å²) in [5.41, 5.74) is 2.60. The van der Waals surface area contributed by atoms with Crippen LogP contribution in [0.25, 0.3) is 11.0 Å². The van der Waals surface area contributed by atoms with E-state index in [1.807, 2.05) is 47.4 Å². The van der Waals surface area contributed by atoms with Crippen molar-refractivity contribution in [2.75, 3.05) is 31.1 Å². The van der Waals surface area contributed by atoms with Crippen LogP contribution in [-0.2, 0) is 16.4 Å². The molecule has 0 radical (unpaired) electrons. The van der Waals surface area contributed by atoms with Crippen LogP contribution < -0.4 is 4.90 Å². The summed E-state index contributed by atoms with van der Waals surface area (Å²) in [6.45, 7) is 3.70. The maximum Gasteiger partial charge on any atom is 0.200 e. The molecule has 1 saturated heterocycles. The van der Waals surface area contributed by atoms with Crippen molar-refractivity contribution in [2.45, 2.75) is 16.7 Å². The van der Waals surface area contributed by atoms with Crippen LogP contribution in [-0.4, -0.2) is 49.5 Å². The molecule has 1 aliphatic rings. The van der Waals surface area contributed by atoms with Gasteiger partial charge < -0.3 is 4.90 Å². The molecule has 5 rings (SSSR count). The summed E-state index contributed by atoms with van der Waals surface area (Å²) in [5.74, 6) is 0.442. The van der Waals surface area contributed by atoms with Gasteiger partial charge in [-0.15, -0.1) is 0 Å². The minimum absolute atomic E-state index is 0.0204. The Labute approximate surface area is 215 Å². The number of fused-ring (bicyclic) bond motifs is 1. The molecule has 1 aliphatic heterocycles. The fourth-order valence-corrected chi connectivity index (χ4v) is 5.91. The van der Waals surface area contributed by atoms with Crippen molar-refractivity contribution in [3.05, 3.63) is 95.1 Å². The van der Waals surface area contributed by atoms with Gasteiger partial charge in [0, 0.05) is 37.7 Å². The zero-order valence-electron chi connectivity index (χ0n) is 19.5. The average Bonchev–Trinajstić information content (AvgIpc) is 2.90. The fourth-order valence-electron chi connectivity index (χ4n) is 4.41. The highest BCUT2D eigenvalue weighted by molar-refractivity contribution is 7.92. The van der Waals surface area contributed by atoms with Crippen molar-refractivity contribution in [3.8, 4) is 6.07 Å². The first-order valence-corrected chi connectivity index (χ1v) is 13.5. The smallest absolute Gasteiger partial charge is 0.200 e. The number of para-hydroxylation sites is 2. The summed E-state index contributed by atoms with van der Waals surface area (Å²) >= 11 is 5.95. The van der Waals surface area contributed by atoms with Crippen molar-refractivity contribution >= 4 is 38.3 Å². The molecule has 0 unspecified atom stereocenters. The minimum Gasteiger partial charge on any atom is -0.352 e. The third kappa shape index (κ3) is 4.91. The van der Waals surface area contributed by atoms with Crippen molar-refractivity contribution in [1.82, 2.24) is 14.9 Å². The molecular weight excluding hydrogens is 494 g/mol. The first-order valence-electron chi connectivity index (χ1n) is 11.6. The molecule has 9 heteroatoms. The van der Waals surface area contributed by atoms with Gasteiger partial charge >= 0.3 is 0 Å². The number of nitriles is 1. The molecule has 3 aromatic carbocycles. The topological polar surface area (TPSA) is 90.2 Å². The van der Waals surface area contributed by atoms with Crippen LogP contribution in [0.2, 0.25) is 5.02 Å². The molecular formula is C27H24ClN5O2S. The van der Waals surface area contributed by atoms with Crippen molar-refractivity contribution in [3.63, 3.8) is 0 Å². The third-order valence-electron chi connectivity index (χ3n) is 6.32. The number of halogens is 1. The number of hydrogen-bond donors (Lipinski definition) is 0. The van der Waals surface area contributed by atoms with Crippen molar-refractivity contribution < 1.29 is 8.42 Å². The van der Waals surface area contributed by atoms with E-state index in [2.05, 4.69) is 22.0 Å². The number of rotatable bonds is 6. The monoisotopic (exact) mass is 517 g/mol. The number of sulfone groups is 1. The van der Waals surface area contributed by atoms with Gasteiger partial charge in [0.25, 0.3) is 0 Å². The number of piperazine rings is 1. The summed E-state index contributed by atoms with van der Waals surface area (Å²) in [5, 5.41) is 8.99. The number of aromatic nitrogens is 2. The summed E-state index contributed by atoms with van der Waals surface area (Å²) < 4.78 is 27.1. The molecule has 0 aliphatic carbocycles. The van der Waals surface area contributed by atoms with Gasteiger partial charge in [0.15, 0.2) is 11.1 Å². The highest BCUT2D eigenvalue weighted by atomic mass is 35.5. The van der Waals surface area contributed by atoms with Crippen molar-refractivity contribution in [2.24, 2.45) is 0 Å². The van der Waals surface area contributed by atoms with Gasteiger partial charge in [0.05, 0.1) is 22.0 Å². The maximum atomic E-state index is 13.5. The normalized spacial score (nSPS) is 15.5. The molecule has 2 heterocycles. The third-order valence-corrected chi connectivity index (χ3v) is 8.45. The summed E-state index contributed by atoms with van der Waals surface area (Å²) in [7, 11) is -4.06. The van der Waals surface area contributed by atoms with Gasteiger partial charge in [-0.25, -0.2) is 18.4 Å². The van der Waals surface area contributed by atoms with E-state index in [1.165, 1.54) is 29.8 Å². The summed E-state index contributed by atoms with van der Waals surface area (Å²) in [6, 6.07) is 25.4. The lowest BCUT2D eigenvalue weighted by Crippen LogP contribution is -2.46. The lowest BCUT2D eigenvalue weighted by atomic mass is 10.2. The lowest BCUT2D eigenvalue weighted by molar-refractivity contribution is 0.249. The molecule has 36 heavy (non-hydrogen) atoms. The Balaban J connectivity index is 1.49. The number of hydrogen-bond acceptors (Lipinski definition) is 7. The molecule has 0 amide bonds. The SMILES string of the molecule is N#C[C@H](c1nc2ccccc2nc1N1CCN(Cc2ccccc2)CC1)S(=O)(=O)c1ccc(Cl)cc1. The number of nitrogens with zero attached hydrogens (tertiary/aromatic N) is 5. The minimum atomic E-state index is -4.06. The second-order valence-electron chi connectivity index (χ2n) is 8.68. The molecule has 0 saturated carbocycles. The second-order valence-corrected chi connectivity index (χ2v) is 11.1. The van der Waals surface area contributed by atoms with Gasteiger partial charge in [-0.3, -0.25) is 4.90 Å².